The van der Waals surface area contributed by atoms with Crippen LogP contribution >= 0.6 is 0 Å². The third-order valence-corrected chi connectivity index (χ3v) is 6.33. The molecule has 2 fully saturated rings. The molecule has 0 amide bonds. The number of aryl methyl sites for hydroxylation is 1. The third kappa shape index (κ3) is 3.47. The Hall–Kier alpha value is -0.910. The Morgan fingerprint density at radius 1 is 1.29 bits per heavy atom. The maximum Gasteiger partial charge on any atom is 0.241 e. The molecule has 1 aromatic rings. The molecule has 0 saturated heterocycles. The van der Waals surface area contributed by atoms with E-state index in [1.165, 1.54) is 12.8 Å². The maximum absolute atomic E-state index is 12.6. The Balaban J connectivity index is 1.79. The first-order chi connectivity index (χ1) is 9.88. The molecular weight excluding hydrogens is 284 g/mol. The fourth-order valence-corrected chi connectivity index (χ4v) is 4.54. The quantitative estimate of drug-likeness (QED) is 0.849. The summed E-state index contributed by atoms with van der Waals surface area (Å²) in [7, 11) is -3.43. The van der Waals surface area contributed by atoms with Crippen molar-refractivity contribution in [2.24, 2.45) is 0 Å². The van der Waals surface area contributed by atoms with Gasteiger partial charge in [-0.1, -0.05) is 12.1 Å². The Kier molecular flexibility index (Phi) is 3.84. The topological polar surface area (TPSA) is 58.2 Å². The molecular formula is C16H24N2O2S. The SMILES string of the molecule is Cc1ccc(CNC2CC2)cc1S(=O)(=O)NC1(C)CCC1. The Bertz CT molecular complexity index is 632. The summed E-state index contributed by atoms with van der Waals surface area (Å²) in [5.41, 5.74) is 1.58. The molecule has 0 spiro atoms. The molecule has 0 bridgehead atoms. The molecule has 4 nitrogen and oxygen atoms in total. The van der Waals surface area contributed by atoms with Crippen LogP contribution in [0.5, 0.6) is 0 Å². The van der Waals surface area contributed by atoms with E-state index in [0.717, 1.165) is 36.9 Å². The zero-order chi connectivity index (χ0) is 15.1. The van der Waals surface area contributed by atoms with E-state index in [1.54, 1.807) is 0 Å². The van der Waals surface area contributed by atoms with Crippen LogP contribution in [0.25, 0.3) is 0 Å². The summed E-state index contributed by atoms with van der Waals surface area (Å²) in [6.45, 7) is 4.59. The Morgan fingerprint density at radius 2 is 2.00 bits per heavy atom. The second-order valence-corrected chi connectivity index (χ2v) is 8.43. The summed E-state index contributed by atoms with van der Waals surface area (Å²) in [6.07, 6.45) is 5.42. The molecule has 0 radical (unpaired) electrons. The van der Waals surface area contributed by atoms with Crippen molar-refractivity contribution >= 4 is 10.0 Å². The minimum atomic E-state index is -3.43. The lowest BCUT2D eigenvalue weighted by atomic mass is 9.80. The van der Waals surface area contributed by atoms with Gasteiger partial charge in [0.1, 0.15) is 0 Å². The maximum atomic E-state index is 12.6. The monoisotopic (exact) mass is 308 g/mol. The predicted molar refractivity (Wildman–Crippen MR) is 83.6 cm³/mol. The van der Waals surface area contributed by atoms with Crippen LogP contribution in [0.1, 0.15) is 50.2 Å². The van der Waals surface area contributed by atoms with Gasteiger partial charge in [-0.05, 0) is 63.1 Å². The minimum absolute atomic E-state index is 0.256. The van der Waals surface area contributed by atoms with Crippen LogP contribution in [-0.4, -0.2) is 20.0 Å². The zero-order valence-electron chi connectivity index (χ0n) is 12.8. The average molecular weight is 308 g/mol. The largest absolute Gasteiger partial charge is 0.310 e. The summed E-state index contributed by atoms with van der Waals surface area (Å²) in [4.78, 5) is 0.422. The highest BCUT2D eigenvalue weighted by Gasteiger charge is 2.36. The van der Waals surface area contributed by atoms with Crippen LogP contribution < -0.4 is 10.0 Å². The van der Waals surface area contributed by atoms with Crippen molar-refractivity contribution in [1.29, 1.82) is 0 Å². The fraction of sp³-hybridized carbons (Fsp3) is 0.625. The molecule has 1 aromatic carbocycles. The van der Waals surface area contributed by atoms with Crippen LogP contribution in [0, 0.1) is 6.92 Å². The number of hydrogen-bond donors (Lipinski definition) is 2. The summed E-state index contributed by atoms with van der Waals surface area (Å²) >= 11 is 0. The highest BCUT2D eigenvalue weighted by atomic mass is 32.2. The van der Waals surface area contributed by atoms with Crippen molar-refractivity contribution in [3.8, 4) is 0 Å². The number of nitrogens with one attached hydrogen (secondary N) is 2. The van der Waals surface area contributed by atoms with Crippen molar-refractivity contribution in [3.63, 3.8) is 0 Å². The van der Waals surface area contributed by atoms with E-state index in [9.17, 15) is 8.42 Å². The third-order valence-electron chi connectivity index (χ3n) is 4.55. The van der Waals surface area contributed by atoms with Gasteiger partial charge in [-0.3, -0.25) is 0 Å². The van der Waals surface area contributed by atoms with E-state index in [0.29, 0.717) is 10.9 Å². The molecule has 0 aliphatic heterocycles. The fourth-order valence-electron chi connectivity index (χ4n) is 2.78. The molecule has 5 heteroatoms. The van der Waals surface area contributed by atoms with E-state index in [1.807, 2.05) is 32.0 Å². The van der Waals surface area contributed by atoms with E-state index < -0.39 is 10.0 Å². The van der Waals surface area contributed by atoms with Crippen LogP contribution in [0.2, 0.25) is 0 Å². The van der Waals surface area contributed by atoms with Gasteiger partial charge in [-0.2, -0.15) is 0 Å². The molecule has 2 N–H and O–H groups in total. The lowest BCUT2D eigenvalue weighted by Gasteiger charge is -2.38. The smallest absolute Gasteiger partial charge is 0.241 e. The highest BCUT2D eigenvalue weighted by Crippen LogP contribution is 2.33. The normalized spacial score (nSPS) is 21.0. The molecule has 0 aromatic heterocycles. The summed E-state index contributed by atoms with van der Waals surface area (Å²) < 4.78 is 28.1. The Labute approximate surface area is 127 Å². The number of benzene rings is 1. The van der Waals surface area contributed by atoms with Gasteiger partial charge in [-0.25, -0.2) is 13.1 Å². The number of sulfonamides is 1. The minimum Gasteiger partial charge on any atom is -0.310 e. The zero-order valence-corrected chi connectivity index (χ0v) is 13.6. The second-order valence-electron chi connectivity index (χ2n) is 6.77. The van der Waals surface area contributed by atoms with Crippen molar-refractivity contribution in [2.75, 3.05) is 0 Å². The van der Waals surface area contributed by atoms with Gasteiger partial charge in [0.05, 0.1) is 4.90 Å². The number of rotatable bonds is 6. The van der Waals surface area contributed by atoms with Gasteiger partial charge in [-0.15, -0.1) is 0 Å². The second kappa shape index (κ2) is 5.38. The lowest BCUT2D eigenvalue weighted by Crippen LogP contribution is -2.50. The van der Waals surface area contributed by atoms with Crippen molar-refractivity contribution in [1.82, 2.24) is 10.0 Å². The van der Waals surface area contributed by atoms with Crippen molar-refractivity contribution in [2.45, 2.75) is 69.0 Å². The summed E-state index contributed by atoms with van der Waals surface area (Å²) in [5, 5.41) is 3.43. The van der Waals surface area contributed by atoms with Crippen LogP contribution in [-0.2, 0) is 16.6 Å². The van der Waals surface area contributed by atoms with E-state index in [4.69, 9.17) is 0 Å². The van der Waals surface area contributed by atoms with Gasteiger partial charge in [0.25, 0.3) is 0 Å². The van der Waals surface area contributed by atoms with E-state index >= 15 is 0 Å². The molecule has 21 heavy (non-hydrogen) atoms. The highest BCUT2D eigenvalue weighted by molar-refractivity contribution is 7.89. The molecule has 3 rings (SSSR count). The summed E-state index contributed by atoms with van der Waals surface area (Å²) in [6, 6.07) is 6.35. The molecule has 0 atom stereocenters. The van der Waals surface area contributed by atoms with Crippen LogP contribution in [0.3, 0.4) is 0 Å². The van der Waals surface area contributed by atoms with Crippen molar-refractivity contribution < 1.29 is 8.42 Å². The van der Waals surface area contributed by atoms with Gasteiger partial charge < -0.3 is 5.32 Å². The predicted octanol–water partition coefficient (Wildman–Crippen LogP) is 2.47. The van der Waals surface area contributed by atoms with Gasteiger partial charge in [0.2, 0.25) is 10.0 Å². The molecule has 2 saturated carbocycles. The van der Waals surface area contributed by atoms with E-state index in [2.05, 4.69) is 10.0 Å². The molecule has 0 heterocycles. The van der Waals surface area contributed by atoms with Crippen LogP contribution in [0.4, 0.5) is 0 Å². The first kappa shape index (κ1) is 15.0. The van der Waals surface area contributed by atoms with Gasteiger partial charge in [0, 0.05) is 18.1 Å². The lowest BCUT2D eigenvalue weighted by molar-refractivity contribution is 0.248. The molecule has 2 aliphatic carbocycles. The average Bonchev–Trinajstić information content (AvgIpc) is 3.19. The van der Waals surface area contributed by atoms with Gasteiger partial charge in [0.15, 0.2) is 0 Å². The summed E-state index contributed by atoms with van der Waals surface area (Å²) in [5.74, 6) is 0. The standard InChI is InChI=1S/C16H24N2O2S/c1-12-4-5-13(11-17-14-6-7-14)10-15(12)21(19,20)18-16(2)8-3-9-16/h4-5,10,14,17-18H,3,6-9,11H2,1-2H3. The molecule has 2 aliphatic rings. The molecule has 116 valence electrons. The van der Waals surface area contributed by atoms with Crippen LogP contribution in [0.15, 0.2) is 23.1 Å². The number of hydrogen-bond acceptors (Lipinski definition) is 3. The van der Waals surface area contributed by atoms with Gasteiger partial charge >= 0.3 is 0 Å². The first-order valence-corrected chi connectivity index (χ1v) is 9.23. The van der Waals surface area contributed by atoms with Crippen molar-refractivity contribution in [3.05, 3.63) is 29.3 Å². The van der Waals surface area contributed by atoms with E-state index in [-0.39, 0.29) is 5.54 Å². The first-order valence-electron chi connectivity index (χ1n) is 7.75. The molecule has 0 unspecified atom stereocenters. The Morgan fingerprint density at radius 3 is 2.57 bits per heavy atom.